The van der Waals surface area contributed by atoms with Crippen molar-refractivity contribution in [2.24, 2.45) is 0 Å². The van der Waals surface area contributed by atoms with Crippen molar-refractivity contribution in [3.8, 4) is 0 Å². The molecule has 0 aromatic heterocycles. The molecule has 0 atom stereocenters. The van der Waals surface area contributed by atoms with Gasteiger partial charge in [-0.05, 0) is 42.2 Å². The number of carbonyl (C=O) groups is 1. The predicted molar refractivity (Wildman–Crippen MR) is 110 cm³/mol. The molecule has 0 spiro atoms. The van der Waals surface area contributed by atoms with Gasteiger partial charge in [-0.25, -0.2) is 8.42 Å². The summed E-state index contributed by atoms with van der Waals surface area (Å²) in [6.07, 6.45) is 2.02. The van der Waals surface area contributed by atoms with Gasteiger partial charge >= 0.3 is 0 Å². The molecule has 1 aliphatic heterocycles. The van der Waals surface area contributed by atoms with E-state index in [0.717, 1.165) is 5.56 Å². The van der Waals surface area contributed by atoms with E-state index in [0.29, 0.717) is 38.4 Å². The first-order chi connectivity index (χ1) is 13.4. The van der Waals surface area contributed by atoms with Gasteiger partial charge in [-0.1, -0.05) is 18.2 Å². The molecule has 150 valence electrons. The van der Waals surface area contributed by atoms with Crippen LogP contribution in [-0.2, 0) is 21.3 Å². The topological polar surface area (TPSA) is 66.9 Å². The lowest BCUT2D eigenvalue weighted by molar-refractivity contribution is 0.0730. The summed E-state index contributed by atoms with van der Waals surface area (Å²) in [4.78, 5) is 15.7. The predicted octanol–water partition coefficient (Wildman–Crippen LogP) is 2.70. The zero-order valence-electron chi connectivity index (χ0n) is 16.0. The van der Waals surface area contributed by atoms with Crippen LogP contribution in [0, 0.1) is 0 Å². The van der Waals surface area contributed by atoms with Gasteiger partial charge in [-0.3, -0.25) is 4.79 Å². The van der Waals surface area contributed by atoms with Gasteiger partial charge in [0.25, 0.3) is 5.91 Å². The fourth-order valence-corrected chi connectivity index (χ4v) is 4.89. The van der Waals surface area contributed by atoms with E-state index in [4.69, 9.17) is 4.74 Å². The first kappa shape index (κ1) is 20.9. The fourth-order valence-electron chi connectivity index (χ4n) is 3.02. The highest BCUT2D eigenvalue weighted by molar-refractivity contribution is 7.98. The highest BCUT2D eigenvalue weighted by atomic mass is 32.2. The number of ether oxygens (including phenoxy) is 1. The lowest BCUT2D eigenvalue weighted by Gasteiger charge is -2.26. The number of morpholine rings is 1. The van der Waals surface area contributed by atoms with Crippen LogP contribution in [0.4, 0.5) is 0 Å². The third kappa shape index (κ3) is 4.75. The molecule has 2 aromatic carbocycles. The summed E-state index contributed by atoms with van der Waals surface area (Å²) in [6.45, 7) is 1.87. The minimum absolute atomic E-state index is 0.137. The average Bonchev–Trinajstić information content (AvgIpc) is 2.74. The second-order valence-electron chi connectivity index (χ2n) is 6.55. The third-order valence-corrected chi connectivity index (χ3v) is 7.25. The largest absolute Gasteiger partial charge is 0.379 e. The van der Waals surface area contributed by atoms with Gasteiger partial charge in [0.2, 0.25) is 10.0 Å². The third-order valence-electron chi connectivity index (χ3n) is 4.61. The number of thioether (sulfide) groups is 1. The van der Waals surface area contributed by atoms with Crippen molar-refractivity contribution in [1.29, 1.82) is 0 Å². The standard InChI is InChI=1S/C20H24N2O4S2/c1-21(15-16-6-8-18(27-2)9-7-16)20(23)17-4-3-5-19(14-17)28(24,25)22-10-12-26-13-11-22/h3-9,14H,10-13,15H2,1-2H3. The Bertz CT molecular complexity index is 923. The summed E-state index contributed by atoms with van der Waals surface area (Å²) >= 11 is 1.67. The van der Waals surface area contributed by atoms with Crippen LogP contribution < -0.4 is 0 Å². The van der Waals surface area contributed by atoms with E-state index in [1.165, 1.54) is 21.3 Å². The summed E-state index contributed by atoms with van der Waals surface area (Å²) in [5, 5.41) is 0. The normalized spacial score (nSPS) is 15.4. The van der Waals surface area contributed by atoms with E-state index in [1.54, 1.807) is 35.8 Å². The van der Waals surface area contributed by atoms with Crippen molar-refractivity contribution in [2.45, 2.75) is 16.3 Å². The minimum Gasteiger partial charge on any atom is -0.379 e. The molecule has 28 heavy (non-hydrogen) atoms. The van der Waals surface area contributed by atoms with Crippen LogP contribution in [0.1, 0.15) is 15.9 Å². The molecule has 1 saturated heterocycles. The number of hydrogen-bond donors (Lipinski definition) is 0. The van der Waals surface area contributed by atoms with Crippen molar-refractivity contribution in [2.75, 3.05) is 39.6 Å². The molecule has 1 amide bonds. The first-order valence-corrected chi connectivity index (χ1v) is 11.6. The minimum atomic E-state index is -3.63. The number of rotatable bonds is 6. The van der Waals surface area contributed by atoms with Crippen LogP contribution in [0.2, 0.25) is 0 Å². The Balaban J connectivity index is 1.75. The Morgan fingerprint density at radius 2 is 1.82 bits per heavy atom. The van der Waals surface area contributed by atoms with Crippen molar-refractivity contribution in [3.63, 3.8) is 0 Å². The van der Waals surface area contributed by atoms with E-state index >= 15 is 0 Å². The molecule has 0 saturated carbocycles. The SMILES string of the molecule is CSc1ccc(CN(C)C(=O)c2cccc(S(=O)(=O)N3CCOCC3)c2)cc1. The number of nitrogens with zero attached hydrogens (tertiary/aromatic N) is 2. The van der Waals surface area contributed by atoms with Gasteiger partial charge in [0, 0.05) is 37.1 Å². The van der Waals surface area contributed by atoms with Gasteiger partial charge in [0.15, 0.2) is 0 Å². The van der Waals surface area contributed by atoms with Gasteiger partial charge in [-0.15, -0.1) is 11.8 Å². The smallest absolute Gasteiger partial charge is 0.253 e. The van der Waals surface area contributed by atoms with E-state index in [2.05, 4.69) is 0 Å². The zero-order valence-corrected chi connectivity index (χ0v) is 17.6. The number of hydrogen-bond acceptors (Lipinski definition) is 5. The van der Waals surface area contributed by atoms with Crippen molar-refractivity contribution in [1.82, 2.24) is 9.21 Å². The Morgan fingerprint density at radius 3 is 2.46 bits per heavy atom. The highest BCUT2D eigenvalue weighted by Gasteiger charge is 2.27. The molecule has 3 rings (SSSR count). The second kappa shape index (κ2) is 9.09. The molecule has 1 fully saturated rings. The number of benzene rings is 2. The monoisotopic (exact) mass is 420 g/mol. The maximum absolute atomic E-state index is 12.8. The molecule has 1 heterocycles. The van der Waals surface area contributed by atoms with Crippen LogP contribution in [0.25, 0.3) is 0 Å². The van der Waals surface area contributed by atoms with E-state index in [-0.39, 0.29) is 10.8 Å². The lowest BCUT2D eigenvalue weighted by atomic mass is 10.1. The van der Waals surface area contributed by atoms with Crippen LogP contribution in [-0.4, -0.2) is 63.1 Å². The van der Waals surface area contributed by atoms with Gasteiger partial charge in [0.05, 0.1) is 18.1 Å². The molecule has 0 unspecified atom stereocenters. The number of sulfonamides is 1. The molecule has 0 aliphatic carbocycles. The van der Waals surface area contributed by atoms with Crippen LogP contribution in [0.5, 0.6) is 0 Å². The van der Waals surface area contributed by atoms with Crippen LogP contribution >= 0.6 is 11.8 Å². The Labute approximate surface area is 170 Å². The summed E-state index contributed by atoms with van der Waals surface area (Å²) in [5.74, 6) is -0.215. The molecule has 8 heteroatoms. The quantitative estimate of drug-likeness (QED) is 0.672. The van der Waals surface area contributed by atoms with E-state index in [9.17, 15) is 13.2 Å². The van der Waals surface area contributed by atoms with Crippen LogP contribution in [0.3, 0.4) is 0 Å². The summed E-state index contributed by atoms with van der Waals surface area (Å²) in [6, 6.07) is 14.3. The molecule has 1 aliphatic rings. The summed E-state index contributed by atoms with van der Waals surface area (Å²) in [7, 11) is -1.91. The van der Waals surface area contributed by atoms with Crippen molar-refractivity contribution < 1.29 is 17.9 Å². The highest BCUT2D eigenvalue weighted by Crippen LogP contribution is 2.20. The average molecular weight is 421 g/mol. The Morgan fingerprint density at radius 1 is 1.14 bits per heavy atom. The van der Waals surface area contributed by atoms with Gasteiger partial charge in [-0.2, -0.15) is 4.31 Å². The molecule has 0 N–H and O–H groups in total. The molecule has 2 aromatic rings. The maximum Gasteiger partial charge on any atom is 0.253 e. The molecule has 6 nitrogen and oxygen atoms in total. The van der Waals surface area contributed by atoms with E-state index < -0.39 is 10.0 Å². The maximum atomic E-state index is 12.8. The Kier molecular flexibility index (Phi) is 6.77. The summed E-state index contributed by atoms with van der Waals surface area (Å²) < 4.78 is 32.3. The Hall–Kier alpha value is -1.87. The molecule has 0 radical (unpaired) electrons. The van der Waals surface area contributed by atoms with E-state index in [1.807, 2.05) is 30.5 Å². The van der Waals surface area contributed by atoms with Crippen LogP contribution in [0.15, 0.2) is 58.3 Å². The second-order valence-corrected chi connectivity index (χ2v) is 9.37. The lowest BCUT2D eigenvalue weighted by Crippen LogP contribution is -2.40. The molecular formula is C20H24N2O4S2. The first-order valence-electron chi connectivity index (χ1n) is 8.98. The number of carbonyl (C=O) groups excluding carboxylic acids is 1. The van der Waals surface area contributed by atoms with Gasteiger partial charge < -0.3 is 9.64 Å². The number of amides is 1. The summed E-state index contributed by atoms with van der Waals surface area (Å²) in [5.41, 5.74) is 1.38. The fraction of sp³-hybridized carbons (Fsp3) is 0.350. The van der Waals surface area contributed by atoms with Gasteiger partial charge in [0.1, 0.15) is 0 Å². The zero-order chi connectivity index (χ0) is 20.1. The van der Waals surface area contributed by atoms with Crippen molar-refractivity contribution in [3.05, 3.63) is 59.7 Å². The van der Waals surface area contributed by atoms with Crippen molar-refractivity contribution >= 4 is 27.7 Å². The molecular weight excluding hydrogens is 396 g/mol. The molecule has 0 bridgehead atoms.